The molecule has 19 heavy (non-hydrogen) atoms. The van der Waals surface area contributed by atoms with E-state index in [2.05, 4.69) is 10.3 Å². The molecule has 0 saturated carbocycles. The number of hydrogen-bond donors (Lipinski definition) is 3. The van der Waals surface area contributed by atoms with Crippen LogP contribution in [0.2, 0.25) is 0 Å². The van der Waals surface area contributed by atoms with Gasteiger partial charge in [-0.1, -0.05) is 12.1 Å². The predicted molar refractivity (Wildman–Crippen MR) is 73.2 cm³/mol. The van der Waals surface area contributed by atoms with Crippen molar-refractivity contribution in [3.05, 3.63) is 35.4 Å². The molecule has 0 aromatic heterocycles. The summed E-state index contributed by atoms with van der Waals surface area (Å²) in [5.41, 5.74) is 3.89. The lowest BCUT2D eigenvalue weighted by molar-refractivity contribution is 0.0953. The predicted octanol–water partition coefficient (Wildman–Crippen LogP) is 0.494. The second-order valence-electron chi connectivity index (χ2n) is 5.07. The Kier molecular flexibility index (Phi) is 4.90. The average molecular weight is 263 g/mol. The molecule has 0 spiro atoms. The summed E-state index contributed by atoms with van der Waals surface area (Å²) >= 11 is 0. The molecule has 0 bridgehead atoms. The minimum absolute atomic E-state index is 0.268. The van der Waals surface area contributed by atoms with Crippen LogP contribution in [0.25, 0.3) is 0 Å². The van der Waals surface area contributed by atoms with Gasteiger partial charge >= 0.3 is 0 Å². The molecule has 104 valence electrons. The van der Waals surface area contributed by atoms with E-state index in [0.29, 0.717) is 18.1 Å². The van der Waals surface area contributed by atoms with Gasteiger partial charge in [-0.05, 0) is 49.5 Å². The van der Waals surface area contributed by atoms with Crippen molar-refractivity contribution in [3.8, 4) is 0 Å². The number of amides is 1. The highest BCUT2D eigenvalue weighted by Crippen LogP contribution is 2.18. The van der Waals surface area contributed by atoms with E-state index in [9.17, 15) is 4.79 Å². The van der Waals surface area contributed by atoms with E-state index in [1.165, 1.54) is 5.56 Å². The summed E-state index contributed by atoms with van der Waals surface area (Å²) in [4.78, 5) is 13.7. The Morgan fingerprint density at radius 3 is 2.47 bits per heavy atom. The smallest absolute Gasteiger partial charge is 0.265 e. The first-order chi connectivity index (χ1) is 9.22. The normalized spacial score (nSPS) is 17.4. The first-order valence-electron chi connectivity index (χ1n) is 6.66. The maximum absolute atomic E-state index is 11.3. The second kappa shape index (κ2) is 6.65. The van der Waals surface area contributed by atoms with Gasteiger partial charge in [0.15, 0.2) is 0 Å². The molecule has 0 unspecified atom stereocenters. The van der Waals surface area contributed by atoms with Crippen LogP contribution < -0.4 is 11.3 Å². The molecule has 1 aromatic rings. The highest BCUT2D eigenvalue weighted by atomic mass is 16.3. The van der Waals surface area contributed by atoms with Crippen LogP contribution in [-0.2, 0) is 6.54 Å². The maximum Gasteiger partial charge on any atom is 0.265 e. The monoisotopic (exact) mass is 263 g/mol. The molecule has 1 aromatic carbocycles. The summed E-state index contributed by atoms with van der Waals surface area (Å²) in [5, 5.41) is 9.11. The van der Waals surface area contributed by atoms with Crippen LogP contribution in [0.3, 0.4) is 0 Å². The van der Waals surface area contributed by atoms with Crippen molar-refractivity contribution in [2.24, 2.45) is 11.8 Å². The Balaban J connectivity index is 1.88. The standard InChI is InChI=1S/C14H21N3O2/c15-16-14(19)13-3-1-11(2-4-13)9-17-7-5-12(10-18)6-8-17/h1-4,12,18H,5-10,15H2,(H,16,19). The average Bonchev–Trinajstić information content (AvgIpc) is 2.48. The fraction of sp³-hybridized carbons (Fsp3) is 0.500. The Bertz CT molecular complexity index is 411. The van der Waals surface area contributed by atoms with Gasteiger partial charge in [-0.2, -0.15) is 0 Å². The van der Waals surface area contributed by atoms with Crippen molar-refractivity contribution in [1.29, 1.82) is 0 Å². The lowest BCUT2D eigenvalue weighted by atomic mass is 9.97. The van der Waals surface area contributed by atoms with Crippen molar-refractivity contribution in [2.45, 2.75) is 19.4 Å². The van der Waals surface area contributed by atoms with Crippen LogP contribution >= 0.6 is 0 Å². The van der Waals surface area contributed by atoms with Crippen LogP contribution in [0.1, 0.15) is 28.8 Å². The molecule has 1 heterocycles. The van der Waals surface area contributed by atoms with E-state index >= 15 is 0 Å². The molecule has 1 fully saturated rings. The first kappa shape index (κ1) is 14.0. The van der Waals surface area contributed by atoms with Crippen molar-refractivity contribution in [1.82, 2.24) is 10.3 Å². The summed E-state index contributed by atoms with van der Waals surface area (Å²) < 4.78 is 0. The zero-order valence-electron chi connectivity index (χ0n) is 11.0. The summed E-state index contributed by atoms with van der Waals surface area (Å²) in [5.74, 6) is 5.29. The topological polar surface area (TPSA) is 78.6 Å². The van der Waals surface area contributed by atoms with E-state index in [1.54, 1.807) is 12.1 Å². The summed E-state index contributed by atoms with van der Waals surface area (Å²) in [6.45, 7) is 3.24. The van der Waals surface area contributed by atoms with Crippen molar-refractivity contribution < 1.29 is 9.90 Å². The van der Waals surface area contributed by atoms with E-state index in [0.717, 1.165) is 32.5 Å². The molecule has 4 N–H and O–H groups in total. The van der Waals surface area contributed by atoms with Gasteiger partial charge in [-0.25, -0.2) is 5.84 Å². The minimum atomic E-state index is -0.268. The van der Waals surface area contributed by atoms with Crippen LogP contribution in [0.5, 0.6) is 0 Å². The number of nitrogens with two attached hydrogens (primary N) is 1. The van der Waals surface area contributed by atoms with Crippen LogP contribution in [0, 0.1) is 5.92 Å². The molecule has 0 aliphatic carbocycles. The van der Waals surface area contributed by atoms with Gasteiger partial charge in [-0.3, -0.25) is 15.1 Å². The van der Waals surface area contributed by atoms with Gasteiger partial charge in [0.2, 0.25) is 0 Å². The van der Waals surface area contributed by atoms with Gasteiger partial charge in [0.25, 0.3) is 5.91 Å². The number of piperidine rings is 1. The van der Waals surface area contributed by atoms with Crippen LogP contribution in [0.15, 0.2) is 24.3 Å². The third-order valence-corrected chi connectivity index (χ3v) is 3.72. The number of hydrogen-bond acceptors (Lipinski definition) is 4. The molecule has 5 nitrogen and oxygen atoms in total. The lowest BCUT2D eigenvalue weighted by Crippen LogP contribution is -2.34. The van der Waals surface area contributed by atoms with Gasteiger partial charge < -0.3 is 5.11 Å². The highest BCUT2D eigenvalue weighted by Gasteiger charge is 2.18. The maximum atomic E-state index is 11.3. The molecule has 0 atom stereocenters. The van der Waals surface area contributed by atoms with Crippen molar-refractivity contribution >= 4 is 5.91 Å². The molecule has 1 aliphatic rings. The highest BCUT2D eigenvalue weighted by molar-refractivity contribution is 5.93. The van der Waals surface area contributed by atoms with E-state index in [4.69, 9.17) is 10.9 Å². The number of aliphatic hydroxyl groups excluding tert-OH is 1. The fourth-order valence-electron chi connectivity index (χ4n) is 2.43. The van der Waals surface area contributed by atoms with Gasteiger partial charge in [0.1, 0.15) is 0 Å². The quantitative estimate of drug-likeness (QED) is 0.420. The number of aliphatic hydroxyl groups is 1. The molecule has 1 saturated heterocycles. The Morgan fingerprint density at radius 2 is 1.95 bits per heavy atom. The summed E-state index contributed by atoms with van der Waals surface area (Å²) in [6.07, 6.45) is 2.12. The number of carbonyl (C=O) groups is 1. The fourth-order valence-corrected chi connectivity index (χ4v) is 2.43. The number of hydrazine groups is 1. The number of likely N-dealkylation sites (tertiary alicyclic amines) is 1. The molecule has 5 heteroatoms. The van der Waals surface area contributed by atoms with Crippen LogP contribution in [-0.4, -0.2) is 35.6 Å². The summed E-state index contributed by atoms with van der Waals surface area (Å²) in [6, 6.07) is 7.50. The number of nitrogen functional groups attached to an aromatic ring is 1. The molecule has 2 rings (SSSR count). The number of nitrogens with zero attached hydrogens (tertiary/aromatic N) is 1. The molecular weight excluding hydrogens is 242 g/mol. The van der Waals surface area contributed by atoms with Crippen molar-refractivity contribution in [2.75, 3.05) is 19.7 Å². The summed E-state index contributed by atoms with van der Waals surface area (Å²) in [7, 11) is 0. The minimum Gasteiger partial charge on any atom is -0.396 e. The zero-order valence-corrected chi connectivity index (χ0v) is 11.0. The SMILES string of the molecule is NNC(=O)c1ccc(CN2CCC(CO)CC2)cc1. The Morgan fingerprint density at radius 1 is 1.32 bits per heavy atom. The van der Waals surface area contributed by atoms with Crippen molar-refractivity contribution in [3.63, 3.8) is 0 Å². The van der Waals surface area contributed by atoms with Gasteiger partial charge in [0.05, 0.1) is 0 Å². The molecule has 1 aliphatic heterocycles. The van der Waals surface area contributed by atoms with Gasteiger partial charge in [0, 0.05) is 18.7 Å². The van der Waals surface area contributed by atoms with Crippen LogP contribution in [0.4, 0.5) is 0 Å². The molecule has 0 radical (unpaired) electrons. The first-order valence-corrected chi connectivity index (χ1v) is 6.66. The van der Waals surface area contributed by atoms with E-state index in [1.807, 2.05) is 12.1 Å². The third-order valence-electron chi connectivity index (χ3n) is 3.72. The van der Waals surface area contributed by atoms with E-state index in [-0.39, 0.29) is 5.91 Å². The largest absolute Gasteiger partial charge is 0.396 e. The Hall–Kier alpha value is -1.43. The van der Waals surface area contributed by atoms with E-state index < -0.39 is 0 Å². The zero-order chi connectivity index (χ0) is 13.7. The molecular formula is C14H21N3O2. The second-order valence-corrected chi connectivity index (χ2v) is 5.07. The number of rotatable bonds is 4. The molecule has 1 amide bonds. The number of carbonyl (C=O) groups excluding carboxylic acids is 1. The van der Waals surface area contributed by atoms with Gasteiger partial charge in [-0.15, -0.1) is 0 Å². The number of nitrogens with one attached hydrogen (secondary N) is 1. The third kappa shape index (κ3) is 3.76. The lowest BCUT2D eigenvalue weighted by Gasteiger charge is -2.31. The Labute approximate surface area is 113 Å². The number of benzene rings is 1.